The zero-order valence-electron chi connectivity index (χ0n) is 11.8. The molecule has 1 aliphatic heterocycles. The normalized spacial score (nSPS) is 36.1. The van der Waals surface area contributed by atoms with Gasteiger partial charge in [-0.25, -0.2) is 0 Å². The van der Waals surface area contributed by atoms with E-state index in [1.807, 2.05) is 13.8 Å². The number of aliphatic carboxylic acids is 1. The van der Waals surface area contributed by atoms with E-state index in [1.165, 1.54) is 4.31 Å². The van der Waals surface area contributed by atoms with E-state index >= 15 is 0 Å². The molecule has 8 heteroatoms. The lowest BCUT2D eigenvalue weighted by Gasteiger charge is -2.35. The highest BCUT2D eigenvalue weighted by atomic mass is 32.2. The Morgan fingerprint density at radius 3 is 2.40 bits per heavy atom. The minimum absolute atomic E-state index is 0.158. The second kappa shape index (κ2) is 5.97. The number of nitrogens with zero attached hydrogens (tertiary/aromatic N) is 1. The number of morpholine rings is 1. The van der Waals surface area contributed by atoms with Crippen molar-refractivity contribution in [3.05, 3.63) is 0 Å². The van der Waals surface area contributed by atoms with Gasteiger partial charge in [0, 0.05) is 19.1 Å². The molecule has 0 spiro atoms. The maximum Gasteiger partial charge on any atom is 0.308 e. The molecule has 4 atom stereocenters. The van der Waals surface area contributed by atoms with Crippen molar-refractivity contribution in [2.24, 2.45) is 5.92 Å². The second-order valence-corrected chi connectivity index (χ2v) is 7.38. The lowest BCUT2D eigenvalue weighted by atomic mass is 10.1. The fourth-order valence-corrected chi connectivity index (χ4v) is 4.62. The van der Waals surface area contributed by atoms with Gasteiger partial charge in [-0.3, -0.25) is 4.79 Å². The summed E-state index contributed by atoms with van der Waals surface area (Å²) < 4.78 is 34.2. The van der Waals surface area contributed by atoms with Gasteiger partial charge in [0.2, 0.25) is 0 Å². The molecular weight excluding hydrogens is 284 g/mol. The van der Waals surface area contributed by atoms with E-state index in [2.05, 4.69) is 4.72 Å². The first kappa shape index (κ1) is 15.7. The number of carboxylic acid groups (broad SMARTS) is 1. The molecule has 0 radical (unpaired) electrons. The highest BCUT2D eigenvalue weighted by molar-refractivity contribution is 7.87. The van der Waals surface area contributed by atoms with Gasteiger partial charge < -0.3 is 9.84 Å². The monoisotopic (exact) mass is 306 g/mol. The third-order valence-electron chi connectivity index (χ3n) is 3.86. The molecule has 1 saturated heterocycles. The summed E-state index contributed by atoms with van der Waals surface area (Å²) in [5, 5.41) is 9.11. The van der Waals surface area contributed by atoms with Crippen LogP contribution in [0.4, 0.5) is 0 Å². The summed E-state index contributed by atoms with van der Waals surface area (Å²) in [6.45, 7) is 4.25. The minimum Gasteiger partial charge on any atom is -0.481 e. The van der Waals surface area contributed by atoms with E-state index in [1.54, 1.807) is 0 Å². The van der Waals surface area contributed by atoms with Crippen molar-refractivity contribution in [1.29, 1.82) is 0 Å². The van der Waals surface area contributed by atoms with Gasteiger partial charge in [0.1, 0.15) is 0 Å². The number of hydrogen-bond donors (Lipinski definition) is 2. The van der Waals surface area contributed by atoms with Crippen LogP contribution in [0, 0.1) is 5.92 Å². The molecule has 4 unspecified atom stereocenters. The van der Waals surface area contributed by atoms with Gasteiger partial charge in [-0.15, -0.1) is 0 Å². The fraction of sp³-hybridized carbons (Fsp3) is 0.917. The van der Waals surface area contributed by atoms with Crippen LogP contribution in [0.1, 0.15) is 33.1 Å². The Bertz CT molecular complexity index is 456. The standard InChI is InChI=1S/C12H22N2O5S/c1-8-6-14(7-9(2)19-8)20(17,18)13-11-5-3-4-10(11)12(15)16/h8-11,13H,3-7H2,1-2H3,(H,15,16). The number of ether oxygens (including phenoxy) is 1. The van der Waals surface area contributed by atoms with Crippen molar-refractivity contribution in [3.63, 3.8) is 0 Å². The number of rotatable bonds is 4. The molecule has 2 fully saturated rings. The minimum atomic E-state index is -3.66. The molecule has 0 aromatic rings. The zero-order valence-corrected chi connectivity index (χ0v) is 12.6. The molecule has 20 heavy (non-hydrogen) atoms. The number of carboxylic acids is 1. The van der Waals surface area contributed by atoms with Crippen molar-refractivity contribution >= 4 is 16.2 Å². The Balaban J connectivity index is 2.05. The maximum atomic E-state index is 12.4. The molecular formula is C12H22N2O5S. The van der Waals surface area contributed by atoms with Gasteiger partial charge in [0.25, 0.3) is 10.2 Å². The quantitative estimate of drug-likeness (QED) is 0.772. The van der Waals surface area contributed by atoms with E-state index in [4.69, 9.17) is 9.84 Å². The molecule has 0 aromatic heterocycles. The predicted octanol–water partition coefficient (Wildman–Crippen LogP) is 0.183. The molecule has 1 aliphatic carbocycles. The van der Waals surface area contributed by atoms with Crippen LogP contribution >= 0.6 is 0 Å². The summed E-state index contributed by atoms with van der Waals surface area (Å²) in [5.74, 6) is -1.56. The lowest BCUT2D eigenvalue weighted by molar-refractivity contribution is -0.142. The second-order valence-electron chi connectivity index (χ2n) is 5.68. The van der Waals surface area contributed by atoms with Gasteiger partial charge >= 0.3 is 5.97 Å². The molecule has 2 N–H and O–H groups in total. The van der Waals surface area contributed by atoms with Crippen molar-refractivity contribution in [2.45, 2.75) is 51.4 Å². The van der Waals surface area contributed by atoms with Crippen LogP contribution < -0.4 is 4.72 Å². The summed E-state index contributed by atoms with van der Waals surface area (Å²) >= 11 is 0. The third-order valence-corrected chi connectivity index (χ3v) is 5.44. The van der Waals surface area contributed by atoms with E-state index in [9.17, 15) is 13.2 Å². The first-order valence-corrected chi connectivity index (χ1v) is 8.39. The Morgan fingerprint density at radius 2 is 1.85 bits per heavy atom. The van der Waals surface area contributed by atoms with Gasteiger partial charge in [-0.05, 0) is 26.7 Å². The molecule has 2 rings (SSSR count). The van der Waals surface area contributed by atoms with Crippen LogP contribution in [0.15, 0.2) is 0 Å². The smallest absolute Gasteiger partial charge is 0.308 e. The van der Waals surface area contributed by atoms with Crippen LogP contribution in [0.3, 0.4) is 0 Å². The summed E-state index contributed by atoms with van der Waals surface area (Å²) in [6.07, 6.45) is 1.52. The highest BCUT2D eigenvalue weighted by Crippen LogP contribution is 2.27. The van der Waals surface area contributed by atoms with E-state index in [-0.39, 0.29) is 12.2 Å². The highest BCUT2D eigenvalue weighted by Gasteiger charge is 2.38. The Morgan fingerprint density at radius 1 is 1.25 bits per heavy atom. The number of nitrogens with one attached hydrogen (secondary N) is 1. The van der Waals surface area contributed by atoms with E-state index in [0.717, 1.165) is 6.42 Å². The van der Waals surface area contributed by atoms with Crippen LogP contribution in [0.2, 0.25) is 0 Å². The Labute approximate surface area is 119 Å². The maximum absolute atomic E-state index is 12.4. The summed E-state index contributed by atoms with van der Waals surface area (Å²) in [4.78, 5) is 11.1. The van der Waals surface area contributed by atoms with Gasteiger partial charge in [0.05, 0.1) is 18.1 Å². The first-order valence-electron chi connectivity index (χ1n) is 6.95. The zero-order chi connectivity index (χ0) is 14.9. The average Bonchev–Trinajstić information content (AvgIpc) is 2.75. The van der Waals surface area contributed by atoms with E-state index in [0.29, 0.717) is 25.9 Å². The average molecular weight is 306 g/mol. The van der Waals surface area contributed by atoms with Crippen LogP contribution in [0.5, 0.6) is 0 Å². The Hall–Kier alpha value is -0.700. The van der Waals surface area contributed by atoms with Gasteiger partial charge in [-0.2, -0.15) is 17.4 Å². The Kier molecular flexibility index (Phi) is 4.68. The molecule has 0 aromatic carbocycles. The first-order chi connectivity index (χ1) is 9.29. The van der Waals surface area contributed by atoms with Gasteiger partial charge in [-0.1, -0.05) is 6.42 Å². The van der Waals surface area contributed by atoms with Gasteiger partial charge in [0.15, 0.2) is 0 Å². The fourth-order valence-electron chi connectivity index (χ4n) is 2.99. The van der Waals surface area contributed by atoms with Crippen LogP contribution in [-0.2, 0) is 19.7 Å². The lowest BCUT2D eigenvalue weighted by Crippen LogP contribution is -2.54. The van der Waals surface area contributed by atoms with Crippen molar-refractivity contribution < 1.29 is 23.1 Å². The molecule has 2 aliphatic rings. The molecule has 1 saturated carbocycles. The number of hydrogen-bond acceptors (Lipinski definition) is 4. The largest absolute Gasteiger partial charge is 0.481 e. The van der Waals surface area contributed by atoms with E-state index < -0.39 is 28.1 Å². The van der Waals surface area contributed by atoms with Crippen molar-refractivity contribution in [2.75, 3.05) is 13.1 Å². The predicted molar refractivity (Wildman–Crippen MR) is 72.4 cm³/mol. The van der Waals surface area contributed by atoms with Crippen LogP contribution in [0.25, 0.3) is 0 Å². The molecule has 0 bridgehead atoms. The van der Waals surface area contributed by atoms with Crippen molar-refractivity contribution in [3.8, 4) is 0 Å². The molecule has 116 valence electrons. The molecule has 7 nitrogen and oxygen atoms in total. The molecule has 1 heterocycles. The number of carbonyl (C=O) groups is 1. The summed E-state index contributed by atoms with van der Waals surface area (Å²) in [6, 6.07) is -0.508. The molecule has 0 amide bonds. The van der Waals surface area contributed by atoms with Crippen LogP contribution in [-0.4, -0.2) is 55.1 Å². The summed E-state index contributed by atoms with van der Waals surface area (Å²) in [5.41, 5.74) is 0. The topological polar surface area (TPSA) is 95.9 Å². The summed E-state index contributed by atoms with van der Waals surface area (Å²) in [7, 11) is -3.66. The third kappa shape index (κ3) is 3.49. The van der Waals surface area contributed by atoms with Crippen molar-refractivity contribution in [1.82, 2.24) is 9.03 Å². The SMILES string of the molecule is CC1CN(S(=O)(=O)NC2CCCC2C(=O)O)CC(C)O1.